The maximum absolute atomic E-state index is 12.2. The third-order valence-corrected chi connectivity index (χ3v) is 3.43. The summed E-state index contributed by atoms with van der Waals surface area (Å²) in [5, 5.41) is 7.99. The van der Waals surface area contributed by atoms with E-state index in [0.29, 0.717) is 5.88 Å². The van der Waals surface area contributed by atoms with Crippen LogP contribution in [0.3, 0.4) is 0 Å². The summed E-state index contributed by atoms with van der Waals surface area (Å²) >= 11 is 0. The number of carbonyl (C=O) groups excluding carboxylic acids is 1. The van der Waals surface area contributed by atoms with Gasteiger partial charge in [-0.3, -0.25) is 4.79 Å². The Morgan fingerprint density at radius 1 is 1.25 bits per heavy atom. The van der Waals surface area contributed by atoms with E-state index >= 15 is 0 Å². The zero-order valence-corrected chi connectivity index (χ0v) is 12.7. The van der Waals surface area contributed by atoms with E-state index in [-0.39, 0.29) is 17.4 Å². The minimum atomic E-state index is -0.309. The smallest absolute Gasteiger partial charge is 0.233 e. The van der Waals surface area contributed by atoms with Crippen molar-refractivity contribution in [3.63, 3.8) is 0 Å². The first-order valence-electron chi connectivity index (χ1n) is 7.12. The molecular weight excluding hydrogens is 254 g/mol. The molecule has 1 amide bonds. The zero-order chi connectivity index (χ0) is 14.8. The lowest BCUT2D eigenvalue weighted by Gasteiger charge is -2.35. The third-order valence-electron chi connectivity index (χ3n) is 3.43. The average Bonchev–Trinajstić information content (AvgIpc) is 2.40. The molecule has 0 aromatic carbocycles. The van der Waals surface area contributed by atoms with Crippen LogP contribution in [-0.2, 0) is 4.79 Å². The van der Waals surface area contributed by atoms with Gasteiger partial charge in [0.15, 0.2) is 0 Å². The molecule has 1 saturated heterocycles. The number of amides is 1. The highest BCUT2D eigenvalue weighted by Gasteiger charge is 2.30. The zero-order valence-electron chi connectivity index (χ0n) is 12.7. The molecule has 0 unspecified atom stereocenters. The molecule has 5 heteroatoms. The van der Waals surface area contributed by atoms with E-state index in [1.165, 1.54) is 0 Å². The van der Waals surface area contributed by atoms with E-state index in [2.05, 4.69) is 10.2 Å². The summed E-state index contributed by atoms with van der Waals surface area (Å²) < 4.78 is 5.81. The molecule has 0 aliphatic carbocycles. The fourth-order valence-corrected chi connectivity index (χ4v) is 2.27. The molecule has 1 aromatic rings. The van der Waals surface area contributed by atoms with Crippen molar-refractivity contribution in [2.45, 2.75) is 46.6 Å². The Morgan fingerprint density at radius 2 is 1.90 bits per heavy atom. The summed E-state index contributed by atoms with van der Waals surface area (Å²) in [6, 6.07) is 3.73. The molecule has 5 nitrogen and oxygen atoms in total. The van der Waals surface area contributed by atoms with Gasteiger partial charge in [0.2, 0.25) is 11.8 Å². The number of carbonyl (C=O) groups is 1. The van der Waals surface area contributed by atoms with Crippen LogP contribution in [0.15, 0.2) is 12.1 Å². The van der Waals surface area contributed by atoms with E-state index < -0.39 is 0 Å². The van der Waals surface area contributed by atoms with Crippen LogP contribution < -0.4 is 4.74 Å². The fourth-order valence-electron chi connectivity index (χ4n) is 2.27. The van der Waals surface area contributed by atoms with Gasteiger partial charge in [0.1, 0.15) is 6.10 Å². The Bertz CT molecular complexity index is 457. The number of ether oxygens (including phenoxy) is 1. The highest BCUT2D eigenvalue weighted by atomic mass is 16.5. The summed E-state index contributed by atoms with van der Waals surface area (Å²) in [4.78, 5) is 14.1. The number of likely N-dealkylation sites (tertiary alicyclic amines) is 1. The van der Waals surface area contributed by atoms with Gasteiger partial charge in [0.05, 0.1) is 5.69 Å². The summed E-state index contributed by atoms with van der Waals surface area (Å²) in [5.74, 6) is 0.780. The lowest BCUT2D eigenvalue weighted by atomic mass is 9.93. The molecule has 0 atom stereocenters. The van der Waals surface area contributed by atoms with Gasteiger partial charge in [-0.15, -0.1) is 5.10 Å². The van der Waals surface area contributed by atoms with Gasteiger partial charge >= 0.3 is 0 Å². The van der Waals surface area contributed by atoms with Crippen LogP contribution in [0.2, 0.25) is 0 Å². The number of hydrogen-bond acceptors (Lipinski definition) is 4. The molecule has 1 aliphatic heterocycles. The Labute approximate surface area is 120 Å². The van der Waals surface area contributed by atoms with E-state index in [1.54, 1.807) is 0 Å². The third kappa shape index (κ3) is 3.68. The van der Waals surface area contributed by atoms with Crippen molar-refractivity contribution in [1.29, 1.82) is 0 Å². The molecule has 0 radical (unpaired) electrons. The van der Waals surface area contributed by atoms with Gasteiger partial charge in [-0.1, -0.05) is 20.8 Å². The predicted molar refractivity (Wildman–Crippen MR) is 76.5 cm³/mol. The average molecular weight is 277 g/mol. The van der Waals surface area contributed by atoms with E-state index in [0.717, 1.165) is 31.6 Å². The van der Waals surface area contributed by atoms with Crippen molar-refractivity contribution in [3.05, 3.63) is 17.8 Å². The lowest BCUT2D eigenvalue weighted by Crippen LogP contribution is -2.46. The van der Waals surface area contributed by atoms with Gasteiger partial charge in [0, 0.05) is 37.4 Å². The van der Waals surface area contributed by atoms with Gasteiger partial charge < -0.3 is 9.64 Å². The van der Waals surface area contributed by atoms with Gasteiger partial charge in [-0.2, -0.15) is 5.10 Å². The van der Waals surface area contributed by atoms with Crippen molar-refractivity contribution in [1.82, 2.24) is 15.1 Å². The summed E-state index contributed by atoms with van der Waals surface area (Å²) in [6.07, 6.45) is 1.81. The lowest BCUT2D eigenvalue weighted by molar-refractivity contribution is -0.141. The first-order valence-corrected chi connectivity index (χ1v) is 7.12. The minimum absolute atomic E-state index is 0.121. The quantitative estimate of drug-likeness (QED) is 0.831. The van der Waals surface area contributed by atoms with Crippen molar-refractivity contribution in [2.75, 3.05) is 13.1 Å². The van der Waals surface area contributed by atoms with Crippen LogP contribution in [0.25, 0.3) is 0 Å². The first-order chi connectivity index (χ1) is 9.36. The van der Waals surface area contributed by atoms with E-state index in [1.807, 2.05) is 44.7 Å². The highest BCUT2D eigenvalue weighted by Crippen LogP contribution is 2.22. The normalized spacial score (nSPS) is 17.1. The Morgan fingerprint density at radius 3 is 2.40 bits per heavy atom. The number of piperidine rings is 1. The number of nitrogens with zero attached hydrogens (tertiary/aromatic N) is 3. The van der Waals surface area contributed by atoms with Crippen molar-refractivity contribution in [2.24, 2.45) is 5.41 Å². The minimum Gasteiger partial charge on any atom is -0.473 e. The second-order valence-electron chi connectivity index (χ2n) is 6.37. The molecule has 2 rings (SSSR count). The molecule has 1 fully saturated rings. The molecule has 0 spiro atoms. The van der Waals surface area contributed by atoms with Gasteiger partial charge in [0.25, 0.3) is 0 Å². The number of hydrogen-bond donors (Lipinski definition) is 0. The molecule has 0 N–H and O–H groups in total. The number of aromatic nitrogens is 2. The molecule has 0 bridgehead atoms. The Balaban J connectivity index is 1.85. The number of aryl methyl sites for hydroxylation is 1. The fraction of sp³-hybridized carbons (Fsp3) is 0.667. The maximum atomic E-state index is 12.2. The van der Waals surface area contributed by atoms with Crippen LogP contribution in [0.5, 0.6) is 5.88 Å². The Kier molecular flexibility index (Phi) is 4.26. The SMILES string of the molecule is Cc1ccc(OC2CCN(C(=O)C(C)(C)C)CC2)nn1. The molecule has 1 aliphatic rings. The Hall–Kier alpha value is -1.65. The second-order valence-corrected chi connectivity index (χ2v) is 6.37. The van der Waals surface area contributed by atoms with Crippen molar-refractivity contribution in [3.8, 4) is 5.88 Å². The molecule has 0 saturated carbocycles. The molecule has 20 heavy (non-hydrogen) atoms. The predicted octanol–water partition coefficient (Wildman–Crippen LogP) is 2.20. The van der Waals surface area contributed by atoms with Gasteiger partial charge in [-0.05, 0) is 13.0 Å². The molecule has 2 heterocycles. The van der Waals surface area contributed by atoms with Crippen LogP contribution >= 0.6 is 0 Å². The molecule has 110 valence electrons. The summed E-state index contributed by atoms with van der Waals surface area (Å²) in [5.41, 5.74) is 0.568. The standard InChI is InChI=1S/C15H23N3O2/c1-11-5-6-13(17-16-11)20-12-7-9-18(10-8-12)14(19)15(2,3)4/h5-6,12H,7-10H2,1-4H3. The van der Waals surface area contributed by atoms with Crippen LogP contribution in [-0.4, -0.2) is 40.2 Å². The monoisotopic (exact) mass is 277 g/mol. The summed E-state index contributed by atoms with van der Waals surface area (Å²) in [6.45, 7) is 9.27. The highest BCUT2D eigenvalue weighted by molar-refractivity contribution is 5.81. The van der Waals surface area contributed by atoms with E-state index in [9.17, 15) is 4.79 Å². The van der Waals surface area contributed by atoms with Crippen LogP contribution in [0, 0.1) is 12.3 Å². The van der Waals surface area contributed by atoms with E-state index in [4.69, 9.17) is 4.74 Å². The van der Waals surface area contributed by atoms with Crippen molar-refractivity contribution >= 4 is 5.91 Å². The van der Waals surface area contributed by atoms with Crippen LogP contribution in [0.1, 0.15) is 39.3 Å². The summed E-state index contributed by atoms with van der Waals surface area (Å²) in [7, 11) is 0. The maximum Gasteiger partial charge on any atom is 0.233 e. The topological polar surface area (TPSA) is 55.3 Å². The first kappa shape index (κ1) is 14.8. The molecular formula is C15H23N3O2. The molecule has 1 aromatic heterocycles. The van der Waals surface area contributed by atoms with Gasteiger partial charge in [-0.25, -0.2) is 0 Å². The largest absolute Gasteiger partial charge is 0.473 e. The van der Waals surface area contributed by atoms with Crippen molar-refractivity contribution < 1.29 is 9.53 Å². The van der Waals surface area contributed by atoms with Crippen LogP contribution in [0.4, 0.5) is 0 Å². The number of rotatable bonds is 2. The second kappa shape index (κ2) is 5.77.